The molecule has 0 unspecified atom stereocenters. The molecule has 0 heterocycles. The van der Waals surface area contributed by atoms with Gasteiger partial charge in [-0.25, -0.2) is 16.8 Å². The number of benzene rings is 4. The van der Waals surface area contributed by atoms with Gasteiger partial charge in [-0.1, -0.05) is 109 Å². The van der Waals surface area contributed by atoms with Crippen LogP contribution in [0.5, 0.6) is 0 Å². The van der Waals surface area contributed by atoms with E-state index in [4.69, 9.17) is 0 Å². The van der Waals surface area contributed by atoms with Gasteiger partial charge in [0.05, 0.1) is 38.0 Å². The lowest BCUT2D eigenvalue weighted by atomic mass is 10.0. The van der Waals surface area contributed by atoms with Crippen LogP contribution in [-0.2, 0) is 20.2 Å². The molecular formula is C32H32NO6S2-. The second-order valence-electron chi connectivity index (χ2n) is 10.6. The average Bonchev–Trinajstić information content (AvgIpc) is 2.90. The SMILES string of the molecule is C[N+](C)(C)C.O=S(=O)([O-])c1ccccc1/C=C/c1ccc(-c2ccc(/C=C/c3ccccc3S(=O)(=O)[O-])cc2)cc1. The minimum Gasteiger partial charge on any atom is -0.744 e. The number of hydrogen-bond donors (Lipinski definition) is 0. The molecule has 9 heteroatoms. The van der Waals surface area contributed by atoms with Gasteiger partial charge in [-0.05, 0) is 45.5 Å². The van der Waals surface area contributed by atoms with Crippen molar-refractivity contribution in [2.75, 3.05) is 28.2 Å². The van der Waals surface area contributed by atoms with Gasteiger partial charge >= 0.3 is 0 Å². The first-order valence-electron chi connectivity index (χ1n) is 12.6. The maximum Gasteiger partial charge on any atom is 0.125 e. The molecule has 0 aliphatic carbocycles. The van der Waals surface area contributed by atoms with Crippen LogP contribution < -0.4 is 0 Å². The fourth-order valence-electron chi connectivity index (χ4n) is 3.64. The largest absolute Gasteiger partial charge is 0.744 e. The van der Waals surface area contributed by atoms with E-state index in [1.807, 2.05) is 48.5 Å². The van der Waals surface area contributed by atoms with E-state index in [1.165, 1.54) is 24.3 Å². The average molecular weight is 591 g/mol. The highest BCUT2D eigenvalue weighted by Crippen LogP contribution is 2.24. The molecule has 7 nitrogen and oxygen atoms in total. The highest BCUT2D eigenvalue weighted by atomic mass is 32.2. The summed E-state index contributed by atoms with van der Waals surface area (Å²) in [5, 5.41) is 0. The van der Waals surface area contributed by atoms with Crippen molar-refractivity contribution in [2.24, 2.45) is 0 Å². The van der Waals surface area contributed by atoms with E-state index in [0.29, 0.717) is 11.1 Å². The predicted molar refractivity (Wildman–Crippen MR) is 163 cm³/mol. The highest BCUT2D eigenvalue weighted by molar-refractivity contribution is 7.86. The molecular weight excluding hydrogens is 558 g/mol. The quantitative estimate of drug-likeness (QED) is 0.152. The van der Waals surface area contributed by atoms with Gasteiger partial charge in [0.2, 0.25) is 0 Å². The molecule has 0 aliphatic heterocycles. The summed E-state index contributed by atoms with van der Waals surface area (Å²) in [7, 11) is -0.619. The summed E-state index contributed by atoms with van der Waals surface area (Å²) in [6.45, 7) is 0. The lowest BCUT2D eigenvalue weighted by molar-refractivity contribution is -0.849. The summed E-state index contributed by atoms with van der Waals surface area (Å²) < 4.78 is 69.6. The molecule has 0 aromatic heterocycles. The van der Waals surface area contributed by atoms with Gasteiger partial charge in [-0.3, -0.25) is 0 Å². The van der Waals surface area contributed by atoms with Crippen LogP contribution in [0.4, 0.5) is 0 Å². The molecule has 41 heavy (non-hydrogen) atoms. The fourth-order valence-corrected chi connectivity index (χ4v) is 4.98. The lowest BCUT2D eigenvalue weighted by Gasteiger charge is -2.14. The topological polar surface area (TPSA) is 114 Å². The Morgan fingerprint density at radius 1 is 0.488 bits per heavy atom. The zero-order chi connectivity index (χ0) is 30.3. The van der Waals surface area contributed by atoms with E-state index in [2.05, 4.69) is 28.2 Å². The van der Waals surface area contributed by atoms with Crippen molar-refractivity contribution in [1.29, 1.82) is 0 Å². The fraction of sp³-hybridized carbons (Fsp3) is 0.125. The van der Waals surface area contributed by atoms with E-state index in [0.717, 1.165) is 26.7 Å². The maximum absolute atomic E-state index is 11.4. The van der Waals surface area contributed by atoms with Crippen molar-refractivity contribution >= 4 is 44.5 Å². The van der Waals surface area contributed by atoms with Gasteiger partial charge in [-0.2, -0.15) is 0 Å². The van der Waals surface area contributed by atoms with Crippen LogP contribution in [0.2, 0.25) is 0 Å². The van der Waals surface area contributed by atoms with Gasteiger partial charge in [0, 0.05) is 0 Å². The normalized spacial score (nSPS) is 12.3. The van der Waals surface area contributed by atoms with E-state index in [1.54, 1.807) is 48.6 Å². The summed E-state index contributed by atoms with van der Waals surface area (Å²) in [6.07, 6.45) is 6.66. The highest BCUT2D eigenvalue weighted by Gasteiger charge is 2.06. The first-order valence-corrected chi connectivity index (χ1v) is 15.4. The standard InChI is InChI=1S/C28H22O6S2.C4H12N/c29-35(30,31)27-7-3-1-5-25(27)19-13-21-9-15-23(16-10-21)24-17-11-22(12-18-24)14-20-26-6-2-4-8-28(26)36(32,33)34;1-5(2,3)4/h1-20H,(H,29,30,31)(H,32,33,34);1-4H3/q;+1/p-2/b19-13+,20-14+;. The van der Waals surface area contributed by atoms with Crippen LogP contribution in [0.1, 0.15) is 22.3 Å². The van der Waals surface area contributed by atoms with Crippen LogP contribution >= 0.6 is 0 Å². The molecule has 0 saturated heterocycles. The third-order valence-electron chi connectivity index (χ3n) is 5.44. The second kappa shape index (κ2) is 13.2. The molecule has 0 spiro atoms. The van der Waals surface area contributed by atoms with Crippen molar-refractivity contribution in [2.45, 2.75) is 9.79 Å². The minimum absolute atomic E-state index is 0.259. The monoisotopic (exact) mass is 590 g/mol. The minimum atomic E-state index is -4.56. The lowest BCUT2D eigenvalue weighted by Crippen LogP contribution is -2.27. The summed E-state index contributed by atoms with van der Waals surface area (Å²) >= 11 is 0. The zero-order valence-electron chi connectivity index (χ0n) is 23.3. The van der Waals surface area contributed by atoms with Gasteiger partial charge < -0.3 is 13.6 Å². The zero-order valence-corrected chi connectivity index (χ0v) is 24.9. The van der Waals surface area contributed by atoms with Crippen molar-refractivity contribution in [3.63, 3.8) is 0 Å². The van der Waals surface area contributed by atoms with E-state index >= 15 is 0 Å². The molecule has 0 fully saturated rings. The molecule has 0 N–H and O–H groups in total. The smallest absolute Gasteiger partial charge is 0.125 e. The molecule has 0 saturated carbocycles. The molecule has 214 valence electrons. The number of rotatable bonds is 7. The van der Waals surface area contributed by atoms with Crippen molar-refractivity contribution in [1.82, 2.24) is 0 Å². The van der Waals surface area contributed by atoms with Crippen LogP contribution in [0.15, 0.2) is 107 Å². The molecule has 0 amide bonds. The van der Waals surface area contributed by atoms with E-state index < -0.39 is 20.2 Å². The Balaban J connectivity index is 0.000000850. The van der Waals surface area contributed by atoms with Crippen LogP contribution in [-0.4, -0.2) is 58.6 Å². The summed E-state index contributed by atoms with van der Waals surface area (Å²) in [4.78, 5) is -0.518. The third-order valence-corrected chi connectivity index (χ3v) is 7.26. The van der Waals surface area contributed by atoms with Crippen LogP contribution in [0.3, 0.4) is 0 Å². The van der Waals surface area contributed by atoms with Gasteiger partial charge in [0.1, 0.15) is 20.2 Å². The number of quaternary nitrogens is 1. The van der Waals surface area contributed by atoms with E-state index in [-0.39, 0.29) is 9.79 Å². The predicted octanol–water partition coefficient (Wildman–Crippen LogP) is 5.83. The molecule has 0 bridgehead atoms. The Morgan fingerprint density at radius 2 is 0.780 bits per heavy atom. The maximum atomic E-state index is 11.4. The first kappa shape index (κ1) is 31.7. The Kier molecular flexibility index (Phi) is 10.2. The third kappa shape index (κ3) is 10.2. The molecule has 4 aromatic carbocycles. The molecule has 0 atom stereocenters. The van der Waals surface area contributed by atoms with Crippen molar-refractivity contribution < 1.29 is 30.4 Å². The summed E-state index contributed by atoms with van der Waals surface area (Å²) in [6, 6.07) is 27.3. The second-order valence-corrected chi connectivity index (χ2v) is 13.3. The molecule has 4 rings (SSSR count). The van der Waals surface area contributed by atoms with Crippen LogP contribution in [0, 0.1) is 0 Å². The van der Waals surface area contributed by atoms with E-state index in [9.17, 15) is 25.9 Å². The van der Waals surface area contributed by atoms with Gasteiger partial charge in [-0.15, -0.1) is 0 Å². The summed E-state index contributed by atoms with van der Waals surface area (Å²) in [5.41, 5.74) is 4.26. The molecule has 0 radical (unpaired) electrons. The first-order chi connectivity index (χ1) is 19.1. The molecule has 0 aliphatic rings. The van der Waals surface area contributed by atoms with Gasteiger partial charge in [0.15, 0.2) is 0 Å². The van der Waals surface area contributed by atoms with Crippen molar-refractivity contribution in [3.05, 3.63) is 119 Å². The van der Waals surface area contributed by atoms with Gasteiger partial charge in [0.25, 0.3) is 0 Å². The Hall–Kier alpha value is -3.86. The number of hydrogen-bond acceptors (Lipinski definition) is 6. The number of nitrogens with zero attached hydrogens (tertiary/aromatic N) is 1. The summed E-state index contributed by atoms with van der Waals surface area (Å²) in [5.74, 6) is 0. The molecule has 4 aromatic rings. The Bertz CT molecular complexity index is 1620. The van der Waals surface area contributed by atoms with Crippen molar-refractivity contribution in [3.8, 4) is 11.1 Å². The Labute approximate surface area is 242 Å². The van der Waals surface area contributed by atoms with Crippen LogP contribution in [0.25, 0.3) is 35.4 Å². The Morgan fingerprint density at radius 3 is 1.07 bits per heavy atom.